The van der Waals surface area contributed by atoms with Crippen molar-refractivity contribution in [3.8, 4) is 11.5 Å². The van der Waals surface area contributed by atoms with E-state index in [2.05, 4.69) is 20.2 Å². The number of allylic oxidation sites excluding steroid dienone is 4. The zero-order chi connectivity index (χ0) is 14.1. The Hall–Kier alpha value is -2.64. The molecule has 20 heavy (non-hydrogen) atoms. The quantitative estimate of drug-likeness (QED) is 0.906. The first-order valence-electron chi connectivity index (χ1n) is 5.86. The smallest absolute Gasteiger partial charge is 0.186 e. The molecule has 102 valence electrons. The molecule has 1 unspecified atom stereocenters. The Morgan fingerprint density at radius 3 is 2.85 bits per heavy atom. The summed E-state index contributed by atoms with van der Waals surface area (Å²) in [5.74, 6) is -1.36. The Balaban J connectivity index is 2.08. The highest BCUT2D eigenvalue weighted by molar-refractivity contribution is 5.63. The molecule has 1 atom stereocenters. The van der Waals surface area contributed by atoms with Gasteiger partial charge in [0.2, 0.25) is 0 Å². The highest BCUT2D eigenvalue weighted by atomic mass is 19.2. The lowest BCUT2D eigenvalue weighted by Gasteiger charge is -2.19. The summed E-state index contributed by atoms with van der Waals surface area (Å²) < 4.78 is 28.7. The normalized spacial score (nSPS) is 18.6. The fourth-order valence-electron chi connectivity index (χ4n) is 2.04. The van der Waals surface area contributed by atoms with Gasteiger partial charge in [-0.05, 0) is 12.5 Å². The lowest BCUT2D eigenvalue weighted by molar-refractivity contribution is 0.417. The van der Waals surface area contributed by atoms with Gasteiger partial charge in [0.05, 0.1) is 6.04 Å². The van der Waals surface area contributed by atoms with Crippen LogP contribution in [-0.4, -0.2) is 24.7 Å². The number of nitrogens with two attached hydrogens (primary N) is 1. The summed E-state index contributed by atoms with van der Waals surface area (Å²) in [6.45, 7) is 0. The van der Waals surface area contributed by atoms with Crippen LogP contribution in [0.2, 0.25) is 0 Å². The summed E-state index contributed by atoms with van der Waals surface area (Å²) in [4.78, 5) is 7.95. The lowest BCUT2D eigenvalue weighted by atomic mass is 10.1. The Bertz CT molecular complexity index is 705. The molecule has 0 bridgehead atoms. The third kappa shape index (κ3) is 1.94. The van der Waals surface area contributed by atoms with E-state index in [1.807, 2.05) is 0 Å². The van der Waals surface area contributed by atoms with Crippen LogP contribution in [0.5, 0.6) is 0 Å². The minimum atomic E-state index is -0.895. The van der Waals surface area contributed by atoms with Gasteiger partial charge in [-0.1, -0.05) is 6.08 Å². The van der Waals surface area contributed by atoms with Gasteiger partial charge in [0, 0.05) is 12.4 Å². The van der Waals surface area contributed by atoms with Gasteiger partial charge in [-0.15, -0.1) is 10.2 Å². The van der Waals surface area contributed by atoms with Crippen LogP contribution in [0.15, 0.2) is 42.5 Å². The van der Waals surface area contributed by atoms with Crippen LogP contribution >= 0.6 is 0 Å². The maximum absolute atomic E-state index is 13.9. The summed E-state index contributed by atoms with van der Waals surface area (Å²) >= 11 is 0. The van der Waals surface area contributed by atoms with E-state index in [-0.39, 0.29) is 17.3 Å². The molecule has 0 saturated heterocycles. The van der Waals surface area contributed by atoms with E-state index in [4.69, 9.17) is 5.73 Å². The maximum atomic E-state index is 13.9. The standard InChI is InChI=1S/C12H10F2N6/c13-7-2-1-3-8(9(7)14)20-6-18-19-12(20)10-11(15)17-5-4-16-10/h1-2,4-6,8H,3H2,(H2,15,17). The van der Waals surface area contributed by atoms with Crippen molar-refractivity contribution in [1.29, 1.82) is 0 Å². The maximum Gasteiger partial charge on any atom is 0.186 e. The summed E-state index contributed by atoms with van der Waals surface area (Å²) in [6, 6.07) is -0.841. The monoisotopic (exact) mass is 276 g/mol. The molecule has 0 radical (unpaired) electrons. The molecular formula is C12H10F2N6. The number of aromatic nitrogens is 5. The van der Waals surface area contributed by atoms with Crippen molar-refractivity contribution in [1.82, 2.24) is 24.7 Å². The molecule has 1 aliphatic rings. The molecule has 0 fully saturated rings. The van der Waals surface area contributed by atoms with Gasteiger partial charge in [0.1, 0.15) is 12.0 Å². The van der Waals surface area contributed by atoms with E-state index in [1.54, 1.807) is 6.08 Å². The molecule has 0 aliphatic heterocycles. The Labute approximate surface area is 112 Å². The summed E-state index contributed by atoms with van der Waals surface area (Å²) in [7, 11) is 0. The highest BCUT2D eigenvalue weighted by Crippen LogP contribution is 2.34. The van der Waals surface area contributed by atoms with Crippen molar-refractivity contribution in [3.63, 3.8) is 0 Å². The van der Waals surface area contributed by atoms with Crippen LogP contribution in [0.1, 0.15) is 12.5 Å². The third-order valence-corrected chi connectivity index (χ3v) is 2.99. The van der Waals surface area contributed by atoms with E-state index in [9.17, 15) is 8.78 Å². The molecule has 8 heteroatoms. The number of anilines is 1. The van der Waals surface area contributed by atoms with Crippen LogP contribution < -0.4 is 5.73 Å². The molecule has 2 heterocycles. The number of hydrogen-bond donors (Lipinski definition) is 1. The number of halogens is 2. The van der Waals surface area contributed by atoms with Gasteiger partial charge in [-0.3, -0.25) is 0 Å². The van der Waals surface area contributed by atoms with Gasteiger partial charge in [0.15, 0.2) is 23.3 Å². The van der Waals surface area contributed by atoms with Crippen molar-refractivity contribution < 1.29 is 8.78 Å². The first-order chi connectivity index (χ1) is 9.68. The largest absolute Gasteiger partial charge is 0.382 e. The van der Waals surface area contributed by atoms with Crippen molar-refractivity contribution in [2.75, 3.05) is 5.73 Å². The second-order valence-corrected chi connectivity index (χ2v) is 4.20. The zero-order valence-corrected chi connectivity index (χ0v) is 10.2. The van der Waals surface area contributed by atoms with E-state index >= 15 is 0 Å². The molecule has 3 rings (SSSR count). The fraction of sp³-hybridized carbons (Fsp3) is 0.167. The molecule has 0 saturated carbocycles. The highest BCUT2D eigenvalue weighted by Gasteiger charge is 2.26. The Morgan fingerprint density at radius 2 is 2.05 bits per heavy atom. The van der Waals surface area contributed by atoms with Crippen molar-refractivity contribution in [2.45, 2.75) is 12.5 Å². The second-order valence-electron chi connectivity index (χ2n) is 4.20. The molecule has 2 aromatic rings. The van der Waals surface area contributed by atoms with Crippen LogP contribution in [0.25, 0.3) is 11.5 Å². The van der Waals surface area contributed by atoms with E-state index < -0.39 is 17.7 Å². The minimum absolute atomic E-state index is 0.151. The molecule has 6 nitrogen and oxygen atoms in total. The molecular weight excluding hydrogens is 266 g/mol. The molecule has 1 aliphatic carbocycles. The Kier molecular flexibility index (Phi) is 2.97. The SMILES string of the molecule is Nc1nccnc1-c1nncn1C1CC=CC(F)=C1F. The molecule has 2 N–H and O–H groups in total. The van der Waals surface area contributed by atoms with Crippen LogP contribution in [0.4, 0.5) is 14.6 Å². The predicted molar refractivity (Wildman–Crippen MR) is 67.5 cm³/mol. The van der Waals surface area contributed by atoms with Crippen LogP contribution in [-0.2, 0) is 0 Å². The fourth-order valence-corrected chi connectivity index (χ4v) is 2.04. The molecule has 0 spiro atoms. The van der Waals surface area contributed by atoms with Gasteiger partial charge >= 0.3 is 0 Å². The van der Waals surface area contributed by atoms with E-state index in [1.165, 1.54) is 23.3 Å². The first kappa shape index (κ1) is 12.4. The van der Waals surface area contributed by atoms with Crippen molar-refractivity contribution in [3.05, 3.63) is 42.5 Å². The van der Waals surface area contributed by atoms with E-state index in [0.29, 0.717) is 6.42 Å². The van der Waals surface area contributed by atoms with Crippen LogP contribution in [0.3, 0.4) is 0 Å². The number of hydrogen-bond acceptors (Lipinski definition) is 5. The molecule has 0 aromatic carbocycles. The summed E-state index contributed by atoms with van der Waals surface area (Å²) in [6.07, 6.45) is 7.14. The Morgan fingerprint density at radius 1 is 1.25 bits per heavy atom. The minimum Gasteiger partial charge on any atom is -0.382 e. The van der Waals surface area contributed by atoms with Gasteiger partial charge in [-0.2, -0.15) is 0 Å². The predicted octanol–water partition coefficient (Wildman–Crippen LogP) is 1.97. The van der Waals surface area contributed by atoms with Crippen molar-refractivity contribution in [2.24, 2.45) is 0 Å². The summed E-state index contributed by atoms with van der Waals surface area (Å²) in [5, 5.41) is 7.60. The van der Waals surface area contributed by atoms with Gasteiger partial charge < -0.3 is 10.3 Å². The van der Waals surface area contributed by atoms with Crippen molar-refractivity contribution >= 4 is 5.82 Å². The number of nitrogens with zero attached hydrogens (tertiary/aromatic N) is 5. The molecule has 0 amide bonds. The molecule has 2 aromatic heterocycles. The lowest BCUT2D eigenvalue weighted by Crippen LogP contribution is -2.13. The third-order valence-electron chi connectivity index (χ3n) is 2.99. The number of rotatable bonds is 2. The van der Waals surface area contributed by atoms with Gasteiger partial charge in [0.25, 0.3) is 0 Å². The van der Waals surface area contributed by atoms with Gasteiger partial charge in [-0.25, -0.2) is 18.7 Å². The zero-order valence-electron chi connectivity index (χ0n) is 10.2. The number of nitrogen functional groups attached to an aromatic ring is 1. The first-order valence-corrected chi connectivity index (χ1v) is 5.86. The van der Waals surface area contributed by atoms with Crippen LogP contribution in [0, 0.1) is 0 Å². The summed E-state index contributed by atoms with van der Waals surface area (Å²) in [5.41, 5.74) is 6.01. The topological polar surface area (TPSA) is 82.5 Å². The average molecular weight is 276 g/mol. The average Bonchev–Trinajstić information content (AvgIpc) is 2.91. The van der Waals surface area contributed by atoms with E-state index in [0.717, 1.165) is 6.08 Å². The second kappa shape index (κ2) is 4.80.